The summed E-state index contributed by atoms with van der Waals surface area (Å²) in [7, 11) is 0. The molecular formula is C18H19NO5. The van der Waals surface area contributed by atoms with Crippen LogP contribution in [0.1, 0.15) is 24.1 Å². The zero-order valence-electron chi connectivity index (χ0n) is 13.3. The molecule has 2 rings (SSSR count). The smallest absolute Gasteiger partial charge is 0.407 e. The Balaban J connectivity index is 1.81. The Morgan fingerprint density at radius 3 is 2.38 bits per heavy atom. The van der Waals surface area contributed by atoms with Gasteiger partial charge in [0.25, 0.3) is 0 Å². The van der Waals surface area contributed by atoms with Gasteiger partial charge in [0.05, 0.1) is 6.04 Å². The lowest BCUT2D eigenvalue weighted by molar-refractivity contribution is -0.139. The van der Waals surface area contributed by atoms with Gasteiger partial charge in [0.15, 0.2) is 6.61 Å². The number of rotatable bonds is 7. The lowest BCUT2D eigenvalue weighted by atomic mass is 10.1. The summed E-state index contributed by atoms with van der Waals surface area (Å²) in [6.45, 7) is 1.65. The topological polar surface area (TPSA) is 84.9 Å². The van der Waals surface area contributed by atoms with Crippen LogP contribution >= 0.6 is 0 Å². The predicted molar refractivity (Wildman–Crippen MR) is 87.8 cm³/mol. The highest BCUT2D eigenvalue weighted by Gasteiger charge is 2.11. The molecule has 0 aliphatic heterocycles. The third-order valence-corrected chi connectivity index (χ3v) is 3.29. The number of carboxylic acid groups (broad SMARTS) is 1. The number of nitrogens with one attached hydrogen (secondary N) is 1. The zero-order chi connectivity index (χ0) is 17.4. The van der Waals surface area contributed by atoms with Gasteiger partial charge in [-0.15, -0.1) is 0 Å². The predicted octanol–water partition coefficient (Wildman–Crippen LogP) is 3.14. The van der Waals surface area contributed by atoms with Crippen molar-refractivity contribution in [2.75, 3.05) is 6.61 Å². The van der Waals surface area contributed by atoms with E-state index in [4.69, 9.17) is 14.6 Å². The lowest BCUT2D eigenvalue weighted by Crippen LogP contribution is -2.27. The first-order valence-corrected chi connectivity index (χ1v) is 7.46. The van der Waals surface area contributed by atoms with Crippen LogP contribution in [0.2, 0.25) is 0 Å². The van der Waals surface area contributed by atoms with Crippen molar-refractivity contribution < 1.29 is 24.2 Å². The molecular weight excluding hydrogens is 310 g/mol. The fourth-order valence-electron chi connectivity index (χ4n) is 2.02. The van der Waals surface area contributed by atoms with Crippen LogP contribution in [0.5, 0.6) is 5.75 Å². The second-order valence-electron chi connectivity index (χ2n) is 5.18. The molecule has 0 bridgehead atoms. The summed E-state index contributed by atoms with van der Waals surface area (Å²) in [4.78, 5) is 22.3. The number of hydrogen-bond acceptors (Lipinski definition) is 4. The van der Waals surface area contributed by atoms with Crippen LogP contribution in [-0.2, 0) is 16.1 Å². The molecule has 0 saturated heterocycles. The van der Waals surface area contributed by atoms with Crippen LogP contribution in [0, 0.1) is 0 Å². The van der Waals surface area contributed by atoms with E-state index in [1.54, 1.807) is 24.3 Å². The molecule has 6 heteroatoms. The Morgan fingerprint density at radius 2 is 1.75 bits per heavy atom. The Bertz CT molecular complexity index is 670. The highest BCUT2D eigenvalue weighted by atomic mass is 16.5. The van der Waals surface area contributed by atoms with Gasteiger partial charge in [-0.1, -0.05) is 42.5 Å². The standard InChI is InChI=1S/C18H19NO5/c1-13(15-7-9-16(10-8-15)23-12-17(20)21)19-18(22)24-11-14-5-3-2-4-6-14/h2-10,13H,11-12H2,1H3,(H,19,22)(H,20,21). The van der Waals surface area contributed by atoms with Gasteiger partial charge in [0.1, 0.15) is 12.4 Å². The molecule has 2 aromatic carbocycles. The lowest BCUT2D eigenvalue weighted by Gasteiger charge is -2.15. The van der Waals surface area contributed by atoms with Crippen LogP contribution < -0.4 is 10.1 Å². The van der Waals surface area contributed by atoms with Crippen molar-refractivity contribution in [3.8, 4) is 5.75 Å². The molecule has 0 aliphatic carbocycles. The summed E-state index contributed by atoms with van der Waals surface area (Å²) in [5.74, 6) is -0.574. The molecule has 1 amide bonds. The molecule has 1 unspecified atom stereocenters. The van der Waals surface area contributed by atoms with E-state index in [0.717, 1.165) is 11.1 Å². The molecule has 0 fully saturated rings. The average molecular weight is 329 g/mol. The van der Waals surface area contributed by atoms with Gasteiger partial charge in [-0.3, -0.25) is 0 Å². The summed E-state index contributed by atoms with van der Waals surface area (Å²) in [6.07, 6.45) is -0.502. The first-order chi connectivity index (χ1) is 11.5. The molecule has 0 aliphatic rings. The number of carbonyl (C=O) groups is 2. The Morgan fingerprint density at radius 1 is 1.08 bits per heavy atom. The number of carbonyl (C=O) groups excluding carboxylic acids is 1. The van der Waals surface area contributed by atoms with Gasteiger partial charge in [-0.05, 0) is 30.2 Å². The summed E-state index contributed by atoms with van der Waals surface area (Å²) in [5, 5.41) is 11.3. The number of benzene rings is 2. The molecule has 0 aromatic heterocycles. The van der Waals surface area contributed by atoms with Gasteiger partial charge in [-0.25, -0.2) is 9.59 Å². The van der Waals surface area contributed by atoms with Crippen LogP contribution in [-0.4, -0.2) is 23.8 Å². The van der Waals surface area contributed by atoms with Gasteiger partial charge in [0.2, 0.25) is 0 Å². The monoisotopic (exact) mass is 329 g/mol. The summed E-state index contributed by atoms with van der Waals surface area (Å²) in [5.41, 5.74) is 1.77. The summed E-state index contributed by atoms with van der Waals surface area (Å²) >= 11 is 0. The number of amides is 1. The molecule has 1 atom stereocenters. The van der Waals surface area contributed by atoms with Crippen LogP contribution in [0.3, 0.4) is 0 Å². The van der Waals surface area contributed by atoms with Gasteiger partial charge in [0, 0.05) is 0 Å². The summed E-state index contributed by atoms with van der Waals surface area (Å²) in [6, 6.07) is 16.0. The number of carboxylic acids is 1. The molecule has 2 aromatic rings. The van der Waals surface area contributed by atoms with Crippen molar-refractivity contribution in [2.24, 2.45) is 0 Å². The number of aliphatic carboxylic acids is 1. The first kappa shape index (κ1) is 17.3. The minimum Gasteiger partial charge on any atom is -0.482 e. The second-order valence-corrected chi connectivity index (χ2v) is 5.18. The molecule has 0 saturated carbocycles. The van der Waals surface area contributed by atoms with E-state index in [9.17, 15) is 9.59 Å². The normalized spacial score (nSPS) is 11.4. The highest BCUT2D eigenvalue weighted by Crippen LogP contribution is 2.17. The van der Waals surface area contributed by atoms with E-state index < -0.39 is 12.1 Å². The molecule has 2 N–H and O–H groups in total. The Labute approximate surface area is 140 Å². The quantitative estimate of drug-likeness (QED) is 0.815. The van der Waals surface area contributed by atoms with Gasteiger partial charge >= 0.3 is 12.1 Å². The number of hydrogen-bond donors (Lipinski definition) is 2. The van der Waals surface area contributed by atoms with Crippen molar-refractivity contribution in [1.82, 2.24) is 5.32 Å². The van der Waals surface area contributed by atoms with E-state index in [2.05, 4.69) is 5.32 Å². The Kier molecular flexibility index (Phi) is 6.19. The molecule has 0 spiro atoms. The second kappa shape index (κ2) is 8.57. The largest absolute Gasteiger partial charge is 0.482 e. The van der Waals surface area contributed by atoms with Crippen LogP contribution in [0.4, 0.5) is 4.79 Å². The summed E-state index contributed by atoms with van der Waals surface area (Å²) < 4.78 is 10.2. The van der Waals surface area contributed by atoms with Crippen molar-refractivity contribution in [3.63, 3.8) is 0 Å². The average Bonchev–Trinajstić information content (AvgIpc) is 2.59. The fraction of sp³-hybridized carbons (Fsp3) is 0.222. The SMILES string of the molecule is CC(NC(=O)OCc1ccccc1)c1ccc(OCC(=O)O)cc1. The first-order valence-electron chi connectivity index (χ1n) is 7.46. The van der Waals surface area contributed by atoms with Gasteiger partial charge in [-0.2, -0.15) is 0 Å². The van der Waals surface area contributed by atoms with Crippen molar-refractivity contribution in [1.29, 1.82) is 0 Å². The maximum atomic E-state index is 11.8. The molecule has 126 valence electrons. The van der Waals surface area contributed by atoms with E-state index >= 15 is 0 Å². The van der Waals surface area contributed by atoms with E-state index in [1.807, 2.05) is 37.3 Å². The molecule has 0 radical (unpaired) electrons. The number of ether oxygens (including phenoxy) is 2. The third-order valence-electron chi connectivity index (χ3n) is 3.29. The molecule has 0 heterocycles. The highest BCUT2D eigenvalue weighted by molar-refractivity contribution is 5.68. The van der Waals surface area contributed by atoms with Gasteiger partial charge < -0.3 is 19.9 Å². The van der Waals surface area contributed by atoms with E-state index in [0.29, 0.717) is 5.75 Å². The third kappa shape index (κ3) is 5.64. The van der Waals surface area contributed by atoms with E-state index in [1.165, 1.54) is 0 Å². The van der Waals surface area contributed by atoms with Crippen LogP contribution in [0.15, 0.2) is 54.6 Å². The van der Waals surface area contributed by atoms with Crippen molar-refractivity contribution in [2.45, 2.75) is 19.6 Å². The minimum absolute atomic E-state index is 0.210. The van der Waals surface area contributed by atoms with E-state index in [-0.39, 0.29) is 19.3 Å². The zero-order valence-corrected chi connectivity index (χ0v) is 13.3. The number of alkyl carbamates (subject to hydrolysis) is 1. The van der Waals surface area contributed by atoms with Crippen molar-refractivity contribution in [3.05, 3.63) is 65.7 Å². The molecule has 24 heavy (non-hydrogen) atoms. The van der Waals surface area contributed by atoms with Crippen molar-refractivity contribution >= 4 is 12.1 Å². The Hall–Kier alpha value is -3.02. The molecule has 6 nitrogen and oxygen atoms in total. The van der Waals surface area contributed by atoms with Crippen LogP contribution in [0.25, 0.3) is 0 Å². The minimum atomic E-state index is -1.03. The maximum absolute atomic E-state index is 11.8. The maximum Gasteiger partial charge on any atom is 0.407 e. The fourth-order valence-corrected chi connectivity index (χ4v) is 2.02.